The second-order valence-electron chi connectivity index (χ2n) is 7.12. The Labute approximate surface area is 162 Å². The molecule has 7 nitrogen and oxygen atoms in total. The van der Waals surface area contributed by atoms with Crippen LogP contribution in [-0.2, 0) is 18.3 Å². The highest BCUT2D eigenvalue weighted by Crippen LogP contribution is 2.30. The molecule has 0 aliphatic carbocycles. The van der Waals surface area contributed by atoms with Gasteiger partial charge in [0.2, 0.25) is 5.91 Å². The first-order valence-corrected chi connectivity index (χ1v) is 9.47. The van der Waals surface area contributed by atoms with Crippen LogP contribution in [0.2, 0.25) is 0 Å². The van der Waals surface area contributed by atoms with Crippen molar-refractivity contribution in [1.82, 2.24) is 24.8 Å². The summed E-state index contributed by atoms with van der Waals surface area (Å²) in [6.45, 7) is 0.654. The first-order valence-electron chi connectivity index (χ1n) is 9.47. The lowest BCUT2D eigenvalue weighted by molar-refractivity contribution is -0.133. The summed E-state index contributed by atoms with van der Waals surface area (Å²) in [6, 6.07) is 5.83. The molecule has 0 radical (unpaired) electrons. The Morgan fingerprint density at radius 3 is 2.82 bits per heavy atom. The van der Waals surface area contributed by atoms with E-state index in [-0.39, 0.29) is 24.2 Å². The van der Waals surface area contributed by atoms with E-state index in [1.807, 2.05) is 18.1 Å². The standard InChI is InChI=1S/C20H22FN5O2/c1-25-13-15(12-22-25)20-23-19(24-28-20)17-5-3-2-4-10-26(17)18(27)11-14-6-8-16(21)9-7-14/h6-9,12-13,17H,2-5,10-11H2,1H3/t17-/m0/s1. The molecule has 28 heavy (non-hydrogen) atoms. The Bertz CT molecular complexity index is 950. The van der Waals surface area contributed by atoms with Crippen molar-refractivity contribution in [2.24, 2.45) is 7.05 Å². The maximum Gasteiger partial charge on any atom is 0.261 e. The molecular weight excluding hydrogens is 361 g/mol. The number of aryl methyl sites for hydroxylation is 1. The fourth-order valence-corrected chi connectivity index (χ4v) is 3.57. The van der Waals surface area contributed by atoms with E-state index in [1.165, 1.54) is 12.1 Å². The highest BCUT2D eigenvalue weighted by Gasteiger charge is 2.30. The van der Waals surface area contributed by atoms with Crippen LogP contribution < -0.4 is 0 Å². The van der Waals surface area contributed by atoms with Gasteiger partial charge in [-0.25, -0.2) is 4.39 Å². The van der Waals surface area contributed by atoms with E-state index in [9.17, 15) is 9.18 Å². The second-order valence-corrected chi connectivity index (χ2v) is 7.12. The van der Waals surface area contributed by atoms with E-state index in [4.69, 9.17) is 4.52 Å². The fraction of sp³-hybridized carbons (Fsp3) is 0.400. The van der Waals surface area contributed by atoms with E-state index in [0.717, 1.165) is 36.8 Å². The molecule has 0 spiro atoms. The fourth-order valence-electron chi connectivity index (χ4n) is 3.57. The number of halogens is 1. The number of carbonyl (C=O) groups excluding carboxylic acids is 1. The molecule has 0 unspecified atom stereocenters. The number of nitrogens with zero attached hydrogens (tertiary/aromatic N) is 5. The van der Waals surface area contributed by atoms with Crippen LogP contribution in [0.25, 0.3) is 11.5 Å². The first-order chi connectivity index (χ1) is 13.6. The highest BCUT2D eigenvalue weighted by molar-refractivity contribution is 5.79. The second kappa shape index (κ2) is 7.92. The Hall–Kier alpha value is -3.03. The Balaban J connectivity index is 1.55. The van der Waals surface area contributed by atoms with E-state index >= 15 is 0 Å². The van der Waals surface area contributed by atoms with Gasteiger partial charge in [0, 0.05) is 19.8 Å². The molecule has 146 valence electrons. The van der Waals surface area contributed by atoms with Gasteiger partial charge < -0.3 is 9.42 Å². The monoisotopic (exact) mass is 383 g/mol. The smallest absolute Gasteiger partial charge is 0.261 e. The largest absolute Gasteiger partial charge is 0.334 e. The normalized spacial score (nSPS) is 17.5. The zero-order valence-electron chi connectivity index (χ0n) is 15.7. The molecule has 4 rings (SSSR count). The number of rotatable bonds is 4. The summed E-state index contributed by atoms with van der Waals surface area (Å²) in [7, 11) is 1.82. The molecule has 3 heterocycles. The van der Waals surface area contributed by atoms with Crippen molar-refractivity contribution >= 4 is 5.91 Å². The van der Waals surface area contributed by atoms with E-state index in [0.29, 0.717) is 18.3 Å². The van der Waals surface area contributed by atoms with Crippen molar-refractivity contribution in [3.8, 4) is 11.5 Å². The first kappa shape index (κ1) is 18.3. The van der Waals surface area contributed by atoms with Crippen molar-refractivity contribution < 1.29 is 13.7 Å². The van der Waals surface area contributed by atoms with Crippen LogP contribution in [0, 0.1) is 5.82 Å². The lowest BCUT2D eigenvalue weighted by Gasteiger charge is -2.28. The molecule has 1 aliphatic heterocycles. The molecule has 0 bridgehead atoms. The zero-order valence-corrected chi connectivity index (χ0v) is 15.7. The predicted octanol–water partition coefficient (Wildman–Crippen LogP) is 3.30. The number of benzene rings is 1. The average Bonchev–Trinajstić information content (AvgIpc) is 3.26. The summed E-state index contributed by atoms with van der Waals surface area (Å²) >= 11 is 0. The van der Waals surface area contributed by atoms with E-state index in [2.05, 4.69) is 15.2 Å². The van der Waals surface area contributed by atoms with Gasteiger partial charge in [0.05, 0.1) is 24.2 Å². The molecular formula is C20H22FN5O2. The van der Waals surface area contributed by atoms with Crippen LogP contribution in [0.4, 0.5) is 4.39 Å². The minimum Gasteiger partial charge on any atom is -0.334 e. The van der Waals surface area contributed by atoms with Crippen LogP contribution in [0.5, 0.6) is 0 Å². The molecule has 0 saturated carbocycles. The van der Waals surface area contributed by atoms with Gasteiger partial charge in [0.25, 0.3) is 5.89 Å². The van der Waals surface area contributed by atoms with Crippen molar-refractivity contribution in [3.63, 3.8) is 0 Å². The van der Waals surface area contributed by atoms with Crippen LogP contribution in [0.1, 0.15) is 43.1 Å². The molecule has 1 amide bonds. The van der Waals surface area contributed by atoms with Crippen LogP contribution >= 0.6 is 0 Å². The maximum atomic E-state index is 13.1. The Kier molecular flexibility index (Phi) is 5.18. The van der Waals surface area contributed by atoms with Gasteiger partial charge in [0.1, 0.15) is 5.82 Å². The summed E-state index contributed by atoms with van der Waals surface area (Å²) < 4.78 is 20.2. The number of carbonyl (C=O) groups is 1. The van der Waals surface area contributed by atoms with Crippen molar-refractivity contribution in [3.05, 3.63) is 53.9 Å². The number of amides is 1. The van der Waals surface area contributed by atoms with Gasteiger partial charge >= 0.3 is 0 Å². The minimum atomic E-state index is -0.307. The Morgan fingerprint density at radius 2 is 2.07 bits per heavy atom. The van der Waals surface area contributed by atoms with Crippen LogP contribution in [0.3, 0.4) is 0 Å². The third-order valence-electron chi connectivity index (χ3n) is 5.03. The maximum absolute atomic E-state index is 13.1. The molecule has 0 N–H and O–H groups in total. The van der Waals surface area contributed by atoms with Crippen LogP contribution in [0.15, 0.2) is 41.2 Å². The van der Waals surface area contributed by atoms with E-state index in [1.54, 1.807) is 23.0 Å². The molecule has 1 atom stereocenters. The molecule has 8 heteroatoms. The summed E-state index contributed by atoms with van der Waals surface area (Å²) in [5, 5.41) is 8.28. The number of likely N-dealkylation sites (tertiary alicyclic amines) is 1. The summed E-state index contributed by atoms with van der Waals surface area (Å²) in [6.07, 6.45) is 7.50. The highest BCUT2D eigenvalue weighted by atomic mass is 19.1. The molecule has 1 fully saturated rings. The van der Waals surface area contributed by atoms with Gasteiger partial charge in [-0.1, -0.05) is 30.1 Å². The average molecular weight is 383 g/mol. The van der Waals surface area contributed by atoms with Gasteiger partial charge in [-0.2, -0.15) is 10.1 Å². The van der Waals surface area contributed by atoms with Crippen molar-refractivity contribution in [1.29, 1.82) is 0 Å². The van der Waals surface area contributed by atoms with Gasteiger partial charge in [-0.05, 0) is 30.5 Å². The molecule has 1 aliphatic rings. The summed E-state index contributed by atoms with van der Waals surface area (Å²) in [4.78, 5) is 19.4. The minimum absolute atomic E-state index is 0.00811. The predicted molar refractivity (Wildman–Crippen MR) is 99.5 cm³/mol. The third-order valence-corrected chi connectivity index (χ3v) is 5.03. The molecule has 1 saturated heterocycles. The molecule has 2 aromatic heterocycles. The topological polar surface area (TPSA) is 77.0 Å². The van der Waals surface area contributed by atoms with Gasteiger partial charge in [0.15, 0.2) is 5.82 Å². The number of hydrogen-bond acceptors (Lipinski definition) is 5. The Morgan fingerprint density at radius 1 is 1.25 bits per heavy atom. The summed E-state index contributed by atoms with van der Waals surface area (Å²) in [5.74, 6) is 0.608. The van der Waals surface area contributed by atoms with Crippen molar-refractivity contribution in [2.75, 3.05) is 6.54 Å². The van der Waals surface area contributed by atoms with Crippen LogP contribution in [-0.4, -0.2) is 37.3 Å². The SMILES string of the molecule is Cn1cc(-c2nc([C@@H]3CCCCCN3C(=O)Cc3ccc(F)cc3)no2)cn1. The van der Waals surface area contributed by atoms with Gasteiger partial charge in [-0.15, -0.1) is 0 Å². The zero-order chi connectivity index (χ0) is 19.5. The third kappa shape index (κ3) is 3.95. The molecule has 3 aromatic rings. The van der Waals surface area contributed by atoms with Gasteiger partial charge in [-0.3, -0.25) is 9.48 Å². The number of hydrogen-bond donors (Lipinski definition) is 0. The van der Waals surface area contributed by atoms with Crippen molar-refractivity contribution in [2.45, 2.75) is 38.1 Å². The quantitative estimate of drug-likeness (QED) is 0.691. The van der Waals surface area contributed by atoms with E-state index < -0.39 is 0 Å². The summed E-state index contributed by atoms with van der Waals surface area (Å²) in [5.41, 5.74) is 1.54. The lowest BCUT2D eigenvalue weighted by atomic mass is 10.1. The lowest BCUT2D eigenvalue weighted by Crippen LogP contribution is -2.36. The number of aromatic nitrogens is 4. The molecule has 1 aromatic carbocycles.